The van der Waals surface area contributed by atoms with E-state index in [4.69, 9.17) is 0 Å². The summed E-state index contributed by atoms with van der Waals surface area (Å²) >= 11 is 0. The first-order valence-corrected chi connectivity index (χ1v) is 6.32. The van der Waals surface area contributed by atoms with Crippen molar-refractivity contribution in [1.82, 2.24) is 0 Å². The van der Waals surface area contributed by atoms with Crippen LogP contribution in [0.25, 0.3) is 0 Å². The molecule has 0 aromatic heterocycles. The fourth-order valence-corrected chi connectivity index (χ4v) is 1.86. The van der Waals surface area contributed by atoms with Crippen LogP contribution in [0.4, 0.5) is 5.69 Å². The van der Waals surface area contributed by atoms with Crippen LogP contribution in [0.1, 0.15) is 19.8 Å². The average molecular weight is 255 g/mol. The first kappa shape index (κ1) is 13.1. The highest BCUT2D eigenvalue weighted by molar-refractivity contribution is 6.04. The van der Waals surface area contributed by atoms with E-state index in [1.807, 2.05) is 48.6 Å². The Bertz CT molecular complexity index is 553. The number of para-hydroxylation sites is 1. The third-order valence-electron chi connectivity index (χ3n) is 3.00. The summed E-state index contributed by atoms with van der Waals surface area (Å²) in [6.45, 7) is 1.62. The van der Waals surface area contributed by atoms with Gasteiger partial charge in [-0.3, -0.25) is 4.79 Å². The van der Waals surface area contributed by atoms with Crippen LogP contribution in [-0.2, 0) is 4.79 Å². The minimum absolute atomic E-state index is 0.0457. The van der Waals surface area contributed by atoms with Crippen LogP contribution in [0, 0.1) is 0 Å². The molecule has 98 valence electrons. The zero-order valence-electron chi connectivity index (χ0n) is 10.9. The van der Waals surface area contributed by atoms with Gasteiger partial charge in [-0.05, 0) is 31.9 Å². The van der Waals surface area contributed by atoms with Crippen molar-refractivity contribution in [2.75, 3.05) is 5.32 Å². The maximum absolute atomic E-state index is 12.0. The Hall–Kier alpha value is -2.29. The van der Waals surface area contributed by atoms with E-state index in [1.54, 1.807) is 6.92 Å². The molecule has 0 saturated carbocycles. The zero-order chi connectivity index (χ0) is 13.7. The molecule has 0 heterocycles. The summed E-state index contributed by atoms with van der Waals surface area (Å²) in [5.41, 5.74) is 1.75. The Morgan fingerprint density at radius 2 is 1.95 bits per heavy atom. The summed E-state index contributed by atoms with van der Waals surface area (Å²) in [5, 5.41) is 12.8. The van der Waals surface area contributed by atoms with Crippen molar-refractivity contribution in [3.63, 3.8) is 0 Å². The van der Waals surface area contributed by atoms with Crippen LogP contribution in [0.5, 0.6) is 0 Å². The number of rotatable bonds is 3. The second-order valence-electron chi connectivity index (χ2n) is 4.43. The van der Waals surface area contributed by atoms with Gasteiger partial charge in [0.05, 0.1) is 5.57 Å². The largest absolute Gasteiger partial charge is 0.507 e. The van der Waals surface area contributed by atoms with E-state index in [1.165, 1.54) is 0 Å². The summed E-state index contributed by atoms with van der Waals surface area (Å²) < 4.78 is 0. The van der Waals surface area contributed by atoms with Crippen molar-refractivity contribution in [3.8, 4) is 0 Å². The van der Waals surface area contributed by atoms with E-state index in [2.05, 4.69) is 5.32 Å². The lowest BCUT2D eigenvalue weighted by Gasteiger charge is -2.10. The Morgan fingerprint density at radius 1 is 1.21 bits per heavy atom. The van der Waals surface area contributed by atoms with Crippen molar-refractivity contribution in [1.29, 1.82) is 0 Å². The Morgan fingerprint density at radius 3 is 2.58 bits per heavy atom. The van der Waals surface area contributed by atoms with E-state index >= 15 is 0 Å². The molecule has 0 bridgehead atoms. The molecule has 0 unspecified atom stereocenters. The lowest BCUT2D eigenvalue weighted by molar-refractivity contribution is -0.113. The predicted octanol–water partition coefficient (Wildman–Crippen LogP) is 3.73. The average Bonchev–Trinajstić information content (AvgIpc) is 2.47. The number of aliphatic hydroxyl groups is 1. The molecule has 19 heavy (non-hydrogen) atoms. The van der Waals surface area contributed by atoms with Gasteiger partial charge < -0.3 is 10.4 Å². The first-order valence-electron chi connectivity index (χ1n) is 6.32. The second-order valence-corrected chi connectivity index (χ2v) is 4.43. The van der Waals surface area contributed by atoms with E-state index in [0.29, 0.717) is 16.8 Å². The highest BCUT2D eigenvalue weighted by Crippen LogP contribution is 2.19. The van der Waals surface area contributed by atoms with Crippen molar-refractivity contribution in [2.24, 2.45) is 0 Å². The number of carbonyl (C=O) groups excluding carboxylic acids is 1. The molecule has 1 aliphatic carbocycles. The monoisotopic (exact) mass is 255 g/mol. The molecule has 1 amide bonds. The molecule has 3 nitrogen and oxygen atoms in total. The molecule has 1 aromatic carbocycles. The van der Waals surface area contributed by atoms with Gasteiger partial charge in [-0.1, -0.05) is 36.4 Å². The topological polar surface area (TPSA) is 49.3 Å². The summed E-state index contributed by atoms with van der Waals surface area (Å²) in [7, 11) is 0. The Kier molecular flexibility index (Phi) is 4.18. The molecule has 1 aromatic rings. The number of hydrogen-bond acceptors (Lipinski definition) is 2. The predicted molar refractivity (Wildman–Crippen MR) is 76.9 cm³/mol. The summed E-state index contributed by atoms with van der Waals surface area (Å²) in [6.07, 6.45) is 7.65. The fraction of sp³-hybridized carbons (Fsp3) is 0.188. The van der Waals surface area contributed by atoms with Gasteiger partial charge in [-0.15, -0.1) is 0 Å². The lowest BCUT2D eigenvalue weighted by Crippen LogP contribution is -2.15. The molecule has 0 spiro atoms. The summed E-state index contributed by atoms with van der Waals surface area (Å²) in [6, 6.07) is 9.19. The van der Waals surface area contributed by atoms with E-state index in [0.717, 1.165) is 12.8 Å². The number of allylic oxidation sites excluding steroid dienone is 3. The Labute approximate surface area is 113 Å². The van der Waals surface area contributed by atoms with Crippen LogP contribution in [0.15, 0.2) is 65.5 Å². The molecule has 0 aliphatic heterocycles. The van der Waals surface area contributed by atoms with Crippen LogP contribution in [0.3, 0.4) is 0 Å². The SMILES string of the molecule is C/C(C(=O)Nc1ccccc1)=C(\O)C1=CCCC=C1. The maximum atomic E-state index is 12.0. The highest BCUT2D eigenvalue weighted by Gasteiger charge is 2.13. The third-order valence-corrected chi connectivity index (χ3v) is 3.00. The number of hydrogen-bond donors (Lipinski definition) is 2. The molecule has 2 N–H and O–H groups in total. The van der Waals surface area contributed by atoms with Crippen molar-refractivity contribution in [2.45, 2.75) is 19.8 Å². The molecule has 0 saturated heterocycles. The summed E-state index contributed by atoms with van der Waals surface area (Å²) in [4.78, 5) is 12.0. The number of carbonyl (C=O) groups is 1. The first-order chi connectivity index (χ1) is 9.18. The number of benzene rings is 1. The summed E-state index contributed by atoms with van der Waals surface area (Å²) in [5.74, 6) is -0.243. The molecule has 3 heteroatoms. The standard InChI is InChI=1S/C16H17NO2/c1-12(15(18)13-8-4-2-5-9-13)16(19)17-14-10-6-3-7-11-14/h3-4,6-11,18H,2,5H2,1H3,(H,17,19)/b15-12+. The molecule has 0 fully saturated rings. The quantitative estimate of drug-likeness (QED) is 0.638. The van der Waals surface area contributed by atoms with E-state index in [9.17, 15) is 9.90 Å². The molecule has 0 radical (unpaired) electrons. The van der Waals surface area contributed by atoms with Gasteiger partial charge >= 0.3 is 0 Å². The fourth-order valence-electron chi connectivity index (χ4n) is 1.86. The second kappa shape index (κ2) is 6.05. The van der Waals surface area contributed by atoms with Crippen LogP contribution in [-0.4, -0.2) is 11.0 Å². The molecule has 2 rings (SSSR count). The van der Waals surface area contributed by atoms with Crippen LogP contribution < -0.4 is 5.32 Å². The minimum atomic E-state index is -0.288. The maximum Gasteiger partial charge on any atom is 0.255 e. The Balaban J connectivity index is 2.14. The number of nitrogens with one attached hydrogen (secondary N) is 1. The highest BCUT2D eigenvalue weighted by atomic mass is 16.3. The van der Waals surface area contributed by atoms with Gasteiger partial charge in [-0.2, -0.15) is 0 Å². The van der Waals surface area contributed by atoms with E-state index in [-0.39, 0.29) is 11.7 Å². The van der Waals surface area contributed by atoms with Gasteiger partial charge in [0.25, 0.3) is 5.91 Å². The van der Waals surface area contributed by atoms with Gasteiger partial charge in [0.15, 0.2) is 0 Å². The van der Waals surface area contributed by atoms with Gasteiger partial charge in [0.1, 0.15) is 5.76 Å². The molecule has 1 aliphatic rings. The number of amides is 1. The number of anilines is 1. The third kappa shape index (κ3) is 3.35. The van der Waals surface area contributed by atoms with Gasteiger partial charge in [0.2, 0.25) is 0 Å². The van der Waals surface area contributed by atoms with Crippen LogP contribution >= 0.6 is 0 Å². The van der Waals surface area contributed by atoms with Gasteiger partial charge in [0, 0.05) is 11.3 Å². The number of aliphatic hydroxyl groups excluding tert-OH is 1. The lowest BCUT2D eigenvalue weighted by atomic mass is 10.0. The van der Waals surface area contributed by atoms with Crippen molar-refractivity contribution < 1.29 is 9.90 Å². The molecular weight excluding hydrogens is 238 g/mol. The molecule has 0 atom stereocenters. The minimum Gasteiger partial charge on any atom is -0.507 e. The normalized spacial score (nSPS) is 15.5. The van der Waals surface area contributed by atoms with E-state index < -0.39 is 0 Å². The van der Waals surface area contributed by atoms with Crippen LogP contribution in [0.2, 0.25) is 0 Å². The zero-order valence-corrected chi connectivity index (χ0v) is 10.9. The van der Waals surface area contributed by atoms with Crippen molar-refractivity contribution >= 4 is 11.6 Å². The van der Waals surface area contributed by atoms with Gasteiger partial charge in [-0.25, -0.2) is 0 Å². The van der Waals surface area contributed by atoms with Crippen molar-refractivity contribution in [3.05, 3.63) is 65.5 Å². The molecular formula is C16H17NO2. The smallest absolute Gasteiger partial charge is 0.255 e.